The van der Waals surface area contributed by atoms with Gasteiger partial charge in [-0.3, -0.25) is 20.4 Å². The van der Waals surface area contributed by atoms with E-state index in [2.05, 4.69) is 5.43 Å². The number of nitrogens with two attached hydrogens (primary N) is 2. The number of nitrogens with one attached hydrogen (secondary N) is 1. The van der Waals surface area contributed by atoms with Gasteiger partial charge in [-0.15, -0.1) is 0 Å². The van der Waals surface area contributed by atoms with E-state index in [1.54, 1.807) is 37.9 Å². The summed E-state index contributed by atoms with van der Waals surface area (Å²) in [5, 5.41) is 9.01. The maximum atomic E-state index is 13.4. The number of hydrazine groups is 1. The van der Waals surface area contributed by atoms with E-state index in [9.17, 15) is 18.0 Å². The van der Waals surface area contributed by atoms with Crippen molar-refractivity contribution >= 4 is 35.0 Å². The van der Waals surface area contributed by atoms with Crippen LogP contribution in [0.5, 0.6) is 0 Å². The van der Waals surface area contributed by atoms with E-state index in [4.69, 9.17) is 29.1 Å². The molecule has 0 heterocycles. The molecule has 7 nitrogen and oxygen atoms in total. The molecule has 0 saturated carbocycles. The molecule has 34 heavy (non-hydrogen) atoms. The number of rotatable bonds is 8. The maximum Gasteiger partial charge on any atom is 0.417 e. The molecule has 0 aliphatic heterocycles. The van der Waals surface area contributed by atoms with Crippen LogP contribution in [0, 0.1) is 11.3 Å². The number of halogens is 3. The third kappa shape index (κ3) is 5.91. The first-order chi connectivity index (χ1) is 15.9. The van der Waals surface area contributed by atoms with Gasteiger partial charge in [-0.2, -0.15) is 18.4 Å². The Morgan fingerprint density at radius 2 is 1.82 bits per heavy atom. The number of anilines is 1. The Morgan fingerprint density at radius 1 is 1.21 bits per heavy atom. The molecule has 0 aliphatic rings. The molecular formula is C23H25F3N6OS. The fraction of sp³-hybridized carbons (Fsp3) is 0.261. The lowest BCUT2D eigenvalue weighted by Crippen LogP contribution is -2.54. The molecule has 5 N–H and O–H groups in total. The molecule has 180 valence electrons. The summed E-state index contributed by atoms with van der Waals surface area (Å²) in [5.74, 6) is 4.70. The third-order valence-electron chi connectivity index (χ3n) is 5.45. The van der Waals surface area contributed by atoms with Crippen LogP contribution in [0.3, 0.4) is 0 Å². The Labute approximate surface area is 201 Å². The molecule has 0 spiro atoms. The number of nitriles is 1. The molecule has 2 rings (SSSR count). The van der Waals surface area contributed by atoms with Gasteiger partial charge in [0, 0.05) is 18.4 Å². The molecular weight excluding hydrogens is 465 g/mol. The lowest BCUT2D eigenvalue weighted by atomic mass is 9.99. The second kappa shape index (κ2) is 10.6. The second-order valence-corrected chi connectivity index (χ2v) is 8.21. The average Bonchev–Trinajstić information content (AvgIpc) is 2.79. The molecule has 0 bridgehead atoms. The smallest absolute Gasteiger partial charge is 0.397 e. The van der Waals surface area contributed by atoms with Gasteiger partial charge in [0.1, 0.15) is 0 Å². The first kappa shape index (κ1) is 26.8. The zero-order chi connectivity index (χ0) is 25.7. The molecule has 0 unspecified atom stereocenters. The van der Waals surface area contributed by atoms with Crippen LogP contribution >= 0.6 is 12.2 Å². The van der Waals surface area contributed by atoms with Gasteiger partial charge in [-0.05, 0) is 50.2 Å². The van der Waals surface area contributed by atoms with Crippen molar-refractivity contribution in [3.05, 3.63) is 70.9 Å². The predicted octanol–water partition coefficient (Wildman–Crippen LogP) is 3.50. The van der Waals surface area contributed by atoms with Gasteiger partial charge in [0.05, 0.1) is 33.9 Å². The summed E-state index contributed by atoms with van der Waals surface area (Å²) in [6, 6.07) is 11.9. The summed E-state index contributed by atoms with van der Waals surface area (Å²) >= 11 is 4.96. The fourth-order valence-corrected chi connectivity index (χ4v) is 3.36. The molecule has 2 aromatic carbocycles. The van der Waals surface area contributed by atoms with Crippen molar-refractivity contribution in [2.45, 2.75) is 32.1 Å². The van der Waals surface area contributed by atoms with Gasteiger partial charge in [0.15, 0.2) is 0 Å². The minimum absolute atomic E-state index is 0.0760. The lowest BCUT2D eigenvalue weighted by Gasteiger charge is -2.37. The van der Waals surface area contributed by atoms with E-state index in [0.717, 1.165) is 33.7 Å². The maximum absolute atomic E-state index is 13.4. The largest absolute Gasteiger partial charge is 0.417 e. The normalized spacial score (nSPS) is 12.3. The van der Waals surface area contributed by atoms with E-state index in [1.807, 2.05) is 12.1 Å². The predicted molar refractivity (Wildman–Crippen MR) is 129 cm³/mol. The molecule has 0 aliphatic carbocycles. The number of thiocarbonyl (C=S) groups is 1. The van der Waals surface area contributed by atoms with E-state index in [0.29, 0.717) is 12.2 Å². The van der Waals surface area contributed by atoms with Crippen LogP contribution in [0.15, 0.2) is 48.7 Å². The number of amides is 1. The molecule has 2 aromatic rings. The van der Waals surface area contributed by atoms with Crippen molar-refractivity contribution < 1.29 is 18.0 Å². The highest BCUT2D eigenvalue weighted by atomic mass is 32.1. The Hall–Kier alpha value is -3.46. The number of carbonyl (C=O) groups is 1. The SMILES string of the molecule is CN(Cc1ccc(/C(N)=C/NN)cc1)C(C)(C)C(=O)N(C=S)c1ccc(C#N)c(C(F)(F)F)c1. The van der Waals surface area contributed by atoms with E-state index < -0.39 is 28.7 Å². The zero-order valence-corrected chi connectivity index (χ0v) is 19.7. The zero-order valence-electron chi connectivity index (χ0n) is 18.8. The number of alkyl halides is 3. The minimum Gasteiger partial charge on any atom is -0.397 e. The van der Waals surface area contributed by atoms with Gasteiger partial charge < -0.3 is 11.2 Å². The van der Waals surface area contributed by atoms with Crippen molar-refractivity contribution in [2.75, 3.05) is 11.9 Å². The quantitative estimate of drug-likeness (QED) is 0.295. The molecule has 0 fully saturated rings. The first-order valence-electron chi connectivity index (χ1n) is 9.99. The van der Waals surface area contributed by atoms with Crippen molar-refractivity contribution in [1.82, 2.24) is 10.3 Å². The first-order valence-corrected chi connectivity index (χ1v) is 10.5. The van der Waals surface area contributed by atoms with Crippen LogP contribution in [-0.4, -0.2) is 28.9 Å². The van der Waals surface area contributed by atoms with Crippen molar-refractivity contribution in [3.8, 4) is 6.07 Å². The monoisotopic (exact) mass is 490 g/mol. The highest BCUT2D eigenvalue weighted by molar-refractivity contribution is 7.79. The Balaban J connectivity index is 2.29. The van der Waals surface area contributed by atoms with Crippen molar-refractivity contribution in [1.29, 1.82) is 5.26 Å². The summed E-state index contributed by atoms with van der Waals surface area (Å²) < 4.78 is 40.2. The molecule has 0 aromatic heterocycles. The Morgan fingerprint density at radius 3 is 2.32 bits per heavy atom. The topological polar surface area (TPSA) is 111 Å². The average molecular weight is 491 g/mol. The van der Waals surface area contributed by atoms with Crippen LogP contribution in [0.2, 0.25) is 0 Å². The number of likely N-dealkylation sites (N-methyl/N-ethyl adjacent to an activating group) is 1. The van der Waals surface area contributed by atoms with Gasteiger partial charge in [0.25, 0.3) is 5.91 Å². The highest BCUT2D eigenvalue weighted by Crippen LogP contribution is 2.35. The number of nitrogens with zero attached hydrogens (tertiary/aromatic N) is 3. The van der Waals surface area contributed by atoms with Crippen LogP contribution in [0.25, 0.3) is 5.70 Å². The standard InChI is InChI=1S/C23H25F3N6OS/c1-22(2,31(3)13-15-4-6-16(7-5-15)20(28)12-30-29)21(33)32(14-34)18-9-8-17(11-27)19(10-18)23(24,25)26/h4-10,12,14,30H,13,28-29H2,1-3H3/b20-12-. The van der Waals surface area contributed by atoms with Gasteiger partial charge in [-0.25, -0.2) is 0 Å². The van der Waals surface area contributed by atoms with Crippen molar-refractivity contribution in [3.63, 3.8) is 0 Å². The lowest BCUT2D eigenvalue weighted by molar-refractivity contribution is -0.137. The second-order valence-electron chi connectivity index (χ2n) is 8.00. The summed E-state index contributed by atoms with van der Waals surface area (Å²) in [7, 11) is 1.72. The molecule has 0 atom stereocenters. The summed E-state index contributed by atoms with van der Waals surface area (Å²) in [5.41, 5.74) is 8.45. The van der Waals surface area contributed by atoms with Crippen LogP contribution in [0.1, 0.15) is 36.1 Å². The van der Waals surface area contributed by atoms with Crippen LogP contribution in [0.4, 0.5) is 18.9 Å². The fourth-order valence-electron chi connectivity index (χ4n) is 3.15. The van der Waals surface area contributed by atoms with E-state index >= 15 is 0 Å². The van der Waals surface area contributed by atoms with E-state index in [-0.39, 0.29) is 5.69 Å². The number of benzene rings is 2. The minimum atomic E-state index is -4.76. The molecule has 11 heteroatoms. The van der Waals surface area contributed by atoms with Crippen LogP contribution < -0.4 is 21.9 Å². The summed E-state index contributed by atoms with van der Waals surface area (Å²) in [6.07, 6.45) is -3.30. The van der Waals surface area contributed by atoms with E-state index in [1.165, 1.54) is 18.3 Å². The number of hydrogen-bond acceptors (Lipinski definition) is 7. The van der Waals surface area contributed by atoms with Gasteiger partial charge >= 0.3 is 6.18 Å². The van der Waals surface area contributed by atoms with Crippen molar-refractivity contribution in [2.24, 2.45) is 11.6 Å². The third-order valence-corrected chi connectivity index (χ3v) is 5.67. The van der Waals surface area contributed by atoms with Gasteiger partial charge in [0.2, 0.25) is 0 Å². The summed E-state index contributed by atoms with van der Waals surface area (Å²) in [6.45, 7) is 3.67. The number of hydrogen-bond donors (Lipinski definition) is 3. The molecule has 0 radical (unpaired) electrons. The summed E-state index contributed by atoms with van der Waals surface area (Å²) in [4.78, 5) is 16.1. The Bertz CT molecular complexity index is 1120. The molecule has 0 saturated heterocycles. The van der Waals surface area contributed by atoms with Crippen LogP contribution in [-0.2, 0) is 17.5 Å². The highest BCUT2D eigenvalue weighted by Gasteiger charge is 2.38. The number of carbonyl (C=O) groups excluding carboxylic acids is 1. The Kier molecular flexibility index (Phi) is 8.39. The van der Waals surface area contributed by atoms with Gasteiger partial charge in [-0.1, -0.05) is 36.5 Å². The molecule has 1 amide bonds.